The number of rotatable bonds is 17. The minimum atomic E-state index is -3.61. The van der Waals surface area contributed by atoms with Gasteiger partial charge in [-0.05, 0) is 60.4 Å². The van der Waals surface area contributed by atoms with Gasteiger partial charge in [-0.1, -0.05) is 55.8 Å². The largest absolute Gasteiger partial charge is 0.497 e. The summed E-state index contributed by atoms with van der Waals surface area (Å²) in [7, 11) is -0.482. The molecule has 0 heterocycles. The summed E-state index contributed by atoms with van der Waals surface area (Å²) in [4.78, 5) is 29.2. The van der Waals surface area contributed by atoms with E-state index in [1.807, 2.05) is 54.6 Å². The van der Waals surface area contributed by atoms with Gasteiger partial charge < -0.3 is 19.7 Å². The number of unbranched alkanes of at least 4 members (excludes halogenated alkanes) is 1. The minimum absolute atomic E-state index is 0.0552. The number of methoxy groups -OCH3 is 2. The molecule has 9 nitrogen and oxygen atoms in total. The molecule has 2 amide bonds. The lowest BCUT2D eigenvalue weighted by molar-refractivity contribution is -0.141. The van der Waals surface area contributed by atoms with Crippen LogP contribution in [0.25, 0.3) is 0 Å². The van der Waals surface area contributed by atoms with Crippen molar-refractivity contribution in [2.45, 2.75) is 51.6 Å². The second kappa shape index (κ2) is 16.6. The molecule has 0 aromatic heterocycles. The van der Waals surface area contributed by atoms with Crippen LogP contribution in [0.3, 0.4) is 0 Å². The molecule has 0 aliphatic carbocycles. The number of anilines is 1. The number of carbonyl (C=O) groups excluding carboxylic acids is 2. The van der Waals surface area contributed by atoms with Crippen LogP contribution in [0.2, 0.25) is 0 Å². The van der Waals surface area contributed by atoms with Crippen LogP contribution in [0, 0.1) is 0 Å². The van der Waals surface area contributed by atoms with Crippen molar-refractivity contribution in [3.63, 3.8) is 0 Å². The van der Waals surface area contributed by atoms with E-state index >= 15 is 0 Å². The number of hydrogen-bond donors (Lipinski definition) is 1. The van der Waals surface area contributed by atoms with Crippen molar-refractivity contribution in [1.29, 1.82) is 0 Å². The first-order valence-corrected chi connectivity index (χ1v) is 16.4. The van der Waals surface area contributed by atoms with Gasteiger partial charge >= 0.3 is 0 Å². The van der Waals surface area contributed by atoms with E-state index < -0.39 is 16.1 Å². The Morgan fingerprint density at radius 3 is 2.16 bits per heavy atom. The summed E-state index contributed by atoms with van der Waals surface area (Å²) in [6.45, 7) is 2.88. The van der Waals surface area contributed by atoms with Crippen molar-refractivity contribution in [3.05, 3.63) is 90.0 Å². The molecule has 0 aliphatic rings. The molecule has 3 rings (SSSR count). The van der Waals surface area contributed by atoms with Crippen LogP contribution in [-0.2, 0) is 32.6 Å². The standard InChI is InChI=1S/C33H43N3O6S/c1-5-6-21-34-33(38)31(24-26-12-8-7-9-13-26)35(25-27-14-10-15-30(23-27)42-3)32(37)16-11-22-36(43(4,39)40)28-17-19-29(41-2)20-18-28/h7-10,12-15,17-20,23,31H,5-6,11,16,21-22,24-25H2,1-4H3,(H,34,38)/t31-/m0/s1. The van der Waals surface area contributed by atoms with Gasteiger partial charge in [-0.3, -0.25) is 13.9 Å². The molecule has 0 bridgehead atoms. The normalized spacial score (nSPS) is 11.8. The molecule has 0 aliphatic heterocycles. The first-order valence-electron chi connectivity index (χ1n) is 14.5. The number of nitrogens with one attached hydrogen (secondary N) is 1. The first kappa shape index (κ1) is 33.5. The van der Waals surface area contributed by atoms with E-state index in [2.05, 4.69) is 12.2 Å². The zero-order valence-corrected chi connectivity index (χ0v) is 26.3. The molecule has 0 saturated heterocycles. The minimum Gasteiger partial charge on any atom is -0.497 e. The van der Waals surface area contributed by atoms with Gasteiger partial charge in [0.25, 0.3) is 0 Å². The second-order valence-corrected chi connectivity index (χ2v) is 12.3. The Hall–Kier alpha value is -4.05. The number of nitrogens with zero attached hydrogens (tertiary/aromatic N) is 2. The Bertz CT molecular complexity index is 1410. The van der Waals surface area contributed by atoms with E-state index in [0.29, 0.717) is 30.2 Å². The number of benzene rings is 3. The molecule has 1 atom stereocenters. The maximum absolute atomic E-state index is 13.9. The lowest BCUT2D eigenvalue weighted by atomic mass is 10.0. The molecule has 232 valence electrons. The fourth-order valence-corrected chi connectivity index (χ4v) is 5.75. The molecule has 0 saturated carbocycles. The average Bonchev–Trinajstić information content (AvgIpc) is 3.01. The third-order valence-corrected chi connectivity index (χ3v) is 8.29. The first-order chi connectivity index (χ1) is 20.7. The fraction of sp³-hybridized carbons (Fsp3) is 0.394. The van der Waals surface area contributed by atoms with Gasteiger partial charge in [-0.15, -0.1) is 0 Å². The molecular formula is C33H43N3O6S. The maximum Gasteiger partial charge on any atom is 0.243 e. The van der Waals surface area contributed by atoms with Crippen LogP contribution < -0.4 is 19.1 Å². The van der Waals surface area contributed by atoms with E-state index in [0.717, 1.165) is 30.2 Å². The molecule has 1 N–H and O–H groups in total. The molecule has 0 fully saturated rings. The van der Waals surface area contributed by atoms with E-state index in [1.165, 1.54) is 4.31 Å². The molecular weight excluding hydrogens is 566 g/mol. The SMILES string of the molecule is CCCCNC(=O)[C@H](Cc1ccccc1)N(Cc1cccc(OC)c1)C(=O)CCCN(c1ccc(OC)cc1)S(C)(=O)=O. The highest BCUT2D eigenvalue weighted by Crippen LogP contribution is 2.23. The molecule has 0 unspecified atom stereocenters. The molecule has 0 spiro atoms. The van der Waals surface area contributed by atoms with E-state index in [1.54, 1.807) is 43.4 Å². The lowest BCUT2D eigenvalue weighted by Gasteiger charge is -2.32. The van der Waals surface area contributed by atoms with Crippen molar-refractivity contribution >= 4 is 27.5 Å². The molecule has 3 aromatic carbocycles. The number of ether oxygens (including phenoxy) is 2. The summed E-state index contributed by atoms with van der Waals surface area (Å²) in [5.41, 5.74) is 2.24. The highest BCUT2D eigenvalue weighted by atomic mass is 32.2. The van der Waals surface area contributed by atoms with Crippen LogP contribution in [0.5, 0.6) is 11.5 Å². The molecule has 0 radical (unpaired) electrons. The van der Waals surface area contributed by atoms with Crippen LogP contribution in [0.15, 0.2) is 78.9 Å². The monoisotopic (exact) mass is 609 g/mol. The van der Waals surface area contributed by atoms with E-state index in [-0.39, 0.29) is 37.7 Å². The van der Waals surface area contributed by atoms with Gasteiger partial charge in [-0.2, -0.15) is 0 Å². The third-order valence-electron chi connectivity index (χ3n) is 7.10. The third kappa shape index (κ3) is 10.3. The average molecular weight is 610 g/mol. The predicted octanol–water partition coefficient (Wildman–Crippen LogP) is 4.81. The van der Waals surface area contributed by atoms with Gasteiger partial charge in [0.15, 0.2) is 0 Å². The zero-order valence-electron chi connectivity index (χ0n) is 25.5. The summed E-state index contributed by atoms with van der Waals surface area (Å²) < 4.78 is 37.2. The smallest absolute Gasteiger partial charge is 0.243 e. The van der Waals surface area contributed by atoms with Crippen LogP contribution >= 0.6 is 0 Å². The Balaban J connectivity index is 1.88. The van der Waals surface area contributed by atoms with Crippen molar-refractivity contribution in [1.82, 2.24) is 10.2 Å². The molecule has 43 heavy (non-hydrogen) atoms. The van der Waals surface area contributed by atoms with Crippen LogP contribution in [0.4, 0.5) is 5.69 Å². The second-order valence-electron chi connectivity index (χ2n) is 10.4. The number of sulfonamides is 1. The van der Waals surface area contributed by atoms with Crippen molar-refractivity contribution in [3.8, 4) is 11.5 Å². The molecule has 3 aromatic rings. The van der Waals surface area contributed by atoms with Gasteiger partial charge in [0.1, 0.15) is 17.5 Å². The lowest BCUT2D eigenvalue weighted by Crippen LogP contribution is -2.50. The van der Waals surface area contributed by atoms with Crippen molar-refractivity contribution in [2.24, 2.45) is 0 Å². The Kier molecular flexibility index (Phi) is 12.9. The quantitative estimate of drug-likeness (QED) is 0.220. The van der Waals surface area contributed by atoms with Crippen molar-refractivity contribution in [2.75, 3.05) is 37.9 Å². The van der Waals surface area contributed by atoms with Gasteiger partial charge in [-0.25, -0.2) is 8.42 Å². The summed E-state index contributed by atoms with van der Waals surface area (Å²) in [5, 5.41) is 3.02. The molecule has 10 heteroatoms. The number of hydrogen-bond acceptors (Lipinski definition) is 6. The summed E-state index contributed by atoms with van der Waals surface area (Å²) in [6.07, 6.45) is 3.57. The highest BCUT2D eigenvalue weighted by molar-refractivity contribution is 7.92. The Morgan fingerprint density at radius 1 is 0.860 bits per heavy atom. The van der Waals surface area contributed by atoms with Crippen molar-refractivity contribution < 1.29 is 27.5 Å². The van der Waals surface area contributed by atoms with E-state index in [9.17, 15) is 18.0 Å². The van der Waals surface area contributed by atoms with E-state index in [4.69, 9.17) is 9.47 Å². The van der Waals surface area contributed by atoms with Gasteiger partial charge in [0.05, 0.1) is 26.2 Å². The highest BCUT2D eigenvalue weighted by Gasteiger charge is 2.30. The summed E-state index contributed by atoms with van der Waals surface area (Å²) >= 11 is 0. The van der Waals surface area contributed by atoms with Crippen LogP contribution in [-0.4, -0.2) is 64.7 Å². The fourth-order valence-electron chi connectivity index (χ4n) is 4.78. The number of carbonyl (C=O) groups is 2. The van der Waals surface area contributed by atoms with Gasteiger partial charge in [0.2, 0.25) is 21.8 Å². The zero-order chi connectivity index (χ0) is 31.2. The topological polar surface area (TPSA) is 105 Å². The predicted molar refractivity (Wildman–Crippen MR) is 170 cm³/mol. The summed E-state index contributed by atoms with van der Waals surface area (Å²) in [5.74, 6) is 0.810. The van der Waals surface area contributed by atoms with Crippen LogP contribution in [0.1, 0.15) is 43.7 Å². The Morgan fingerprint density at radius 2 is 1.53 bits per heavy atom. The Labute approximate surface area is 255 Å². The maximum atomic E-state index is 13.9. The summed E-state index contributed by atoms with van der Waals surface area (Å²) in [6, 6.07) is 23.0. The number of amides is 2. The van der Waals surface area contributed by atoms with Gasteiger partial charge in [0, 0.05) is 32.5 Å².